The van der Waals surface area contributed by atoms with Gasteiger partial charge in [0.05, 0.1) is 0 Å². The fourth-order valence-electron chi connectivity index (χ4n) is 2.79. The second-order valence-electron chi connectivity index (χ2n) is 6.02. The summed E-state index contributed by atoms with van der Waals surface area (Å²) in [6.45, 7) is 0. The lowest BCUT2D eigenvalue weighted by atomic mass is 9.87. The van der Waals surface area contributed by atoms with Gasteiger partial charge in [-0.25, -0.2) is 0 Å². The molecule has 23 heavy (non-hydrogen) atoms. The molecule has 1 aliphatic carbocycles. The lowest BCUT2D eigenvalue weighted by Gasteiger charge is -2.16. The normalized spacial score (nSPS) is 18.6. The number of carbonyl (C=O) groups excluding carboxylic acids is 1. The first kappa shape index (κ1) is 15.8. The second kappa shape index (κ2) is 6.97. The van der Waals surface area contributed by atoms with E-state index in [4.69, 9.17) is 0 Å². The van der Waals surface area contributed by atoms with Gasteiger partial charge in [-0.05, 0) is 60.6 Å². The maximum absolute atomic E-state index is 12.7. The highest BCUT2D eigenvalue weighted by Crippen LogP contribution is 2.29. The Morgan fingerprint density at radius 3 is 2.30 bits per heavy atom. The number of nitrogens with zero attached hydrogens (tertiary/aromatic N) is 1. The van der Waals surface area contributed by atoms with Crippen LogP contribution in [0.1, 0.15) is 29.7 Å². The summed E-state index contributed by atoms with van der Waals surface area (Å²) >= 11 is 1.68. The highest BCUT2D eigenvalue weighted by Gasteiger charge is 2.20. The molecule has 0 bridgehead atoms. The molecule has 118 valence electrons. The molecular weight excluding hydrogens is 302 g/mol. The third kappa shape index (κ3) is 3.80. The number of thiophene rings is 1. The zero-order valence-electron chi connectivity index (χ0n) is 13.6. The number of ketones is 1. The maximum atomic E-state index is 12.7. The van der Waals surface area contributed by atoms with Crippen LogP contribution >= 0.6 is 11.3 Å². The molecule has 0 radical (unpaired) electrons. The van der Waals surface area contributed by atoms with Crippen molar-refractivity contribution in [3.63, 3.8) is 0 Å². The predicted octanol–water partition coefficient (Wildman–Crippen LogP) is 5.03. The van der Waals surface area contributed by atoms with Crippen molar-refractivity contribution in [3.8, 4) is 0 Å². The zero-order chi connectivity index (χ0) is 16.2. The van der Waals surface area contributed by atoms with Crippen molar-refractivity contribution in [1.82, 2.24) is 0 Å². The molecule has 0 atom stereocenters. The molecule has 0 amide bonds. The van der Waals surface area contributed by atoms with E-state index in [0.717, 1.165) is 40.8 Å². The summed E-state index contributed by atoms with van der Waals surface area (Å²) in [5.74, 6) is 0.210. The molecule has 0 saturated heterocycles. The van der Waals surface area contributed by atoms with Gasteiger partial charge in [-0.1, -0.05) is 18.2 Å². The van der Waals surface area contributed by atoms with Gasteiger partial charge in [-0.2, -0.15) is 0 Å². The van der Waals surface area contributed by atoms with E-state index >= 15 is 0 Å². The zero-order valence-corrected chi connectivity index (χ0v) is 14.4. The Kier molecular flexibility index (Phi) is 4.77. The van der Waals surface area contributed by atoms with Gasteiger partial charge >= 0.3 is 0 Å². The quantitative estimate of drug-likeness (QED) is 0.738. The molecule has 0 aliphatic heterocycles. The minimum absolute atomic E-state index is 0.210. The van der Waals surface area contributed by atoms with Crippen LogP contribution < -0.4 is 4.90 Å². The molecule has 0 spiro atoms. The van der Waals surface area contributed by atoms with Crippen molar-refractivity contribution in [2.45, 2.75) is 19.3 Å². The molecule has 2 nitrogen and oxygen atoms in total. The summed E-state index contributed by atoms with van der Waals surface area (Å²) in [7, 11) is 4.06. The third-order valence-electron chi connectivity index (χ3n) is 4.09. The molecule has 0 N–H and O–H groups in total. The Bertz CT molecular complexity index is 736. The summed E-state index contributed by atoms with van der Waals surface area (Å²) in [5.41, 5.74) is 4.13. The first-order valence-electron chi connectivity index (χ1n) is 7.90. The molecule has 1 aliphatic rings. The first-order valence-corrected chi connectivity index (χ1v) is 8.78. The number of Topliss-reactive ketones (excluding diaryl/α,β-unsaturated/α-hetero) is 1. The fraction of sp³-hybridized carbons (Fsp3) is 0.250. The molecule has 1 fully saturated rings. The van der Waals surface area contributed by atoms with Crippen LogP contribution in [0.3, 0.4) is 0 Å². The minimum Gasteiger partial charge on any atom is -0.378 e. The summed E-state index contributed by atoms with van der Waals surface area (Å²) in [6, 6.07) is 12.4. The number of anilines is 1. The molecule has 1 heterocycles. The van der Waals surface area contributed by atoms with Crippen LogP contribution in [0.15, 0.2) is 52.9 Å². The van der Waals surface area contributed by atoms with E-state index in [1.165, 1.54) is 5.69 Å². The minimum atomic E-state index is 0.210. The number of rotatable bonds is 3. The van der Waals surface area contributed by atoms with Gasteiger partial charge in [0, 0.05) is 35.8 Å². The lowest BCUT2D eigenvalue weighted by Crippen LogP contribution is -2.12. The lowest BCUT2D eigenvalue weighted by molar-refractivity contribution is -0.112. The van der Waals surface area contributed by atoms with E-state index in [1.54, 1.807) is 11.3 Å². The molecule has 1 saturated carbocycles. The van der Waals surface area contributed by atoms with Gasteiger partial charge in [0.15, 0.2) is 5.78 Å². The van der Waals surface area contributed by atoms with Crippen LogP contribution in [0.25, 0.3) is 12.2 Å². The summed E-state index contributed by atoms with van der Waals surface area (Å²) in [4.78, 5) is 15.9. The summed E-state index contributed by atoms with van der Waals surface area (Å²) in [6.07, 6.45) is 6.90. The number of hydrogen-bond acceptors (Lipinski definition) is 3. The average Bonchev–Trinajstić information content (AvgIpc) is 3.05. The van der Waals surface area contributed by atoms with Gasteiger partial charge in [-0.15, -0.1) is 11.3 Å². The monoisotopic (exact) mass is 323 g/mol. The van der Waals surface area contributed by atoms with E-state index in [0.29, 0.717) is 0 Å². The SMILES string of the molecule is CN(C)c1ccc(/C=C2/CCC/C(=C/c3cccs3)C2=O)cc1. The van der Waals surface area contributed by atoms with Gasteiger partial charge in [0.1, 0.15) is 0 Å². The average molecular weight is 323 g/mol. The van der Waals surface area contributed by atoms with Crippen LogP contribution in [-0.4, -0.2) is 19.9 Å². The topological polar surface area (TPSA) is 20.3 Å². The van der Waals surface area contributed by atoms with Gasteiger partial charge in [0.25, 0.3) is 0 Å². The number of carbonyl (C=O) groups is 1. The van der Waals surface area contributed by atoms with Gasteiger partial charge < -0.3 is 4.90 Å². The molecule has 3 heteroatoms. The van der Waals surface area contributed by atoms with Crippen molar-refractivity contribution in [1.29, 1.82) is 0 Å². The summed E-state index contributed by atoms with van der Waals surface area (Å²) in [5, 5.41) is 2.04. The van der Waals surface area contributed by atoms with Crippen molar-refractivity contribution in [3.05, 3.63) is 63.4 Å². The van der Waals surface area contributed by atoms with Crippen molar-refractivity contribution in [2.75, 3.05) is 19.0 Å². The van der Waals surface area contributed by atoms with E-state index in [9.17, 15) is 4.79 Å². The number of hydrogen-bond donors (Lipinski definition) is 0. The summed E-state index contributed by atoms with van der Waals surface area (Å²) < 4.78 is 0. The van der Waals surface area contributed by atoms with E-state index in [1.807, 2.05) is 31.6 Å². The molecule has 1 aromatic carbocycles. The van der Waals surface area contributed by atoms with Crippen molar-refractivity contribution < 1.29 is 4.79 Å². The maximum Gasteiger partial charge on any atom is 0.185 e. The number of allylic oxidation sites excluding steroid dienone is 2. The Labute approximate surface area is 141 Å². The van der Waals surface area contributed by atoms with Gasteiger partial charge in [-0.3, -0.25) is 4.79 Å². The van der Waals surface area contributed by atoms with Crippen LogP contribution in [0.2, 0.25) is 0 Å². The Hall–Kier alpha value is -2.13. The Balaban J connectivity index is 1.83. The van der Waals surface area contributed by atoms with Crippen molar-refractivity contribution >= 4 is 35.0 Å². The van der Waals surface area contributed by atoms with Crippen LogP contribution in [0, 0.1) is 0 Å². The van der Waals surface area contributed by atoms with E-state index in [2.05, 4.69) is 41.3 Å². The first-order chi connectivity index (χ1) is 11.1. The number of benzene rings is 1. The highest BCUT2D eigenvalue weighted by atomic mass is 32.1. The molecule has 3 rings (SSSR count). The second-order valence-corrected chi connectivity index (χ2v) is 7.00. The predicted molar refractivity (Wildman–Crippen MR) is 99.9 cm³/mol. The third-order valence-corrected chi connectivity index (χ3v) is 4.90. The fourth-order valence-corrected chi connectivity index (χ4v) is 3.47. The Morgan fingerprint density at radius 2 is 1.70 bits per heavy atom. The molecule has 2 aromatic rings. The van der Waals surface area contributed by atoms with E-state index in [-0.39, 0.29) is 5.78 Å². The largest absolute Gasteiger partial charge is 0.378 e. The van der Waals surface area contributed by atoms with Crippen molar-refractivity contribution in [2.24, 2.45) is 0 Å². The standard InChI is InChI=1S/C20H21NOS/c1-21(2)18-10-8-15(9-11-18)13-16-5-3-6-17(20(16)22)14-19-7-4-12-23-19/h4,7-14H,3,5-6H2,1-2H3/b16-13-,17-14-. The Morgan fingerprint density at radius 1 is 1.00 bits per heavy atom. The van der Waals surface area contributed by atoms with Crippen LogP contribution in [0.4, 0.5) is 5.69 Å². The molecular formula is C20H21NOS. The molecule has 1 aromatic heterocycles. The van der Waals surface area contributed by atoms with Crippen LogP contribution in [0.5, 0.6) is 0 Å². The van der Waals surface area contributed by atoms with Gasteiger partial charge in [0.2, 0.25) is 0 Å². The molecule has 0 unspecified atom stereocenters. The van der Waals surface area contributed by atoms with Crippen LogP contribution in [-0.2, 0) is 4.79 Å². The smallest absolute Gasteiger partial charge is 0.185 e. The highest BCUT2D eigenvalue weighted by molar-refractivity contribution is 7.10. The van der Waals surface area contributed by atoms with E-state index < -0.39 is 0 Å².